The molecule has 2 atom stereocenters. The normalized spacial score (nSPS) is 15.2. The van der Waals surface area contributed by atoms with Crippen molar-refractivity contribution in [3.05, 3.63) is 22.2 Å². The first-order valence-corrected chi connectivity index (χ1v) is 8.19. The van der Waals surface area contributed by atoms with Gasteiger partial charge < -0.3 is 5.73 Å². The van der Waals surface area contributed by atoms with Gasteiger partial charge >= 0.3 is 0 Å². The summed E-state index contributed by atoms with van der Waals surface area (Å²) in [6.07, 6.45) is 0.868. The molecule has 4 nitrogen and oxygen atoms in total. The number of hydrogen-bond acceptors (Lipinski definition) is 3. The minimum Gasteiger partial charge on any atom is -0.399 e. The molecule has 0 amide bonds. The molecule has 0 fully saturated rings. The summed E-state index contributed by atoms with van der Waals surface area (Å²) in [5, 5.41) is 0.0442. The van der Waals surface area contributed by atoms with Gasteiger partial charge in [0, 0.05) is 11.7 Å². The van der Waals surface area contributed by atoms with Gasteiger partial charge in [0.2, 0.25) is 10.0 Å². The molecule has 0 saturated carbocycles. The van der Waals surface area contributed by atoms with E-state index in [0.29, 0.717) is 5.69 Å². The van der Waals surface area contributed by atoms with Crippen molar-refractivity contribution >= 4 is 38.9 Å². The molecule has 2 unspecified atom stereocenters. The molecular weight excluding hydrogens is 307 g/mol. The zero-order valence-corrected chi connectivity index (χ0v) is 13.4. The summed E-state index contributed by atoms with van der Waals surface area (Å²) >= 11 is 11.9. The molecule has 7 heteroatoms. The van der Waals surface area contributed by atoms with Crippen molar-refractivity contribution < 1.29 is 8.42 Å². The molecule has 1 aromatic carbocycles. The van der Waals surface area contributed by atoms with E-state index in [1.54, 1.807) is 0 Å². The lowest BCUT2D eigenvalue weighted by atomic mass is 10.0. The van der Waals surface area contributed by atoms with Crippen LogP contribution in [0, 0.1) is 5.92 Å². The molecule has 0 aliphatic carbocycles. The molecule has 1 rings (SSSR count). The molecular formula is C12H18Cl2N2O2S. The number of nitrogen functional groups attached to an aromatic ring is 1. The maximum atomic E-state index is 12.3. The third kappa shape index (κ3) is 3.99. The van der Waals surface area contributed by atoms with E-state index in [0.717, 1.165) is 6.42 Å². The molecule has 0 heterocycles. The molecule has 0 aliphatic heterocycles. The van der Waals surface area contributed by atoms with Gasteiger partial charge in [0.05, 0.1) is 10.0 Å². The van der Waals surface area contributed by atoms with Gasteiger partial charge in [-0.2, -0.15) is 0 Å². The Morgan fingerprint density at radius 1 is 1.26 bits per heavy atom. The molecule has 0 spiro atoms. The van der Waals surface area contributed by atoms with Gasteiger partial charge in [0.1, 0.15) is 4.90 Å². The fraction of sp³-hybridized carbons (Fsp3) is 0.500. The molecule has 0 radical (unpaired) electrons. The quantitative estimate of drug-likeness (QED) is 0.816. The lowest BCUT2D eigenvalue weighted by Crippen LogP contribution is -2.37. The lowest BCUT2D eigenvalue weighted by Gasteiger charge is -2.20. The van der Waals surface area contributed by atoms with Gasteiger partial charge in [-0.25, -0.2) is 13.1 Å². The zero-order chi connectivity index (χ0) is 14.8. The molecule has 0 aliphatic rings. The fourth-order valence-electron chi connectivity index (χ4n) is 1.61. The third-order valence-corrected chi connectivity index (χ3v) is 5.61. The highest BCUT2D eigenvalue weighted by Crippen LogP contribution is 2.32. The van der Waals surface area contributed by atoms with Crippen molar-refractivity contribution in [1.82, 2.24) is 4.72 Å². The van der Waals surface area contributed by atoms with Crippen molar-refractivity contribution in [2.45, 2.75) is 38.1 Å². The smallest absolute Gasteiger partial charge is 0.243 e. The van der Waals surface area contributed by atoms with E-state index in [1.807, 2.05) is 20.8 Å². The van der Waals surface area contributed by atoms with E-state index in [9.17, 15) is 8.42 Å². The largest absolute Gasteiger partial charge is 0.399 e. The van der Waals surface area contributed by atoms with Crippen LogP contribution in [0.3, 0.4) is 0 Å². The summed E-state index contributed by atoms with van der Waals surface area (Å²) in [7, 11) is -3.76. The Kier molecular flexibility index (Phi) is 5.50. The third-order valence-electron chi connectivity index (χ3n) is 3.13. The van der Waals surface area contributed by atoms with E-state index in [1.165, 1.54) is 12.1 Å². The average molecular weight is 325 g/mol. The topological polar surface area (TPSA) is 72.2 Å². The van der Waals surface area contributed by atoms with Gasteiger partial charge in [0.15, 0.2) is 0 Å². The first-order valence-electron chi connectivity index (χ1n) is 5.95. The summed E-state index contributed by atoms with van der Waals surface area (Å²) in [5.74, 6) is 0.209. The summed E-state index contributed by atoms with van der Waals surface area (Å²) in [6, 6.07) is 2.53. The van der Waals surface area contributed by atoms with E-state index in [-0.39, 0.29) is 26.9 Å². The van der Waals surface area contributed by atoms with Gasteiger partial charge in [-0.15, -0.1) is 0 Å². The molecule has 19 heavy (non-hydrogen) atoms. The fourth-order valence-corrected chi connectivity index (χ4v) is 4.19. The number of rotatable bonds is 5. The van der Waals surface area contributed by atoms with Crippen LogP contribution in [0.15, 0.2) is 17.0 Å². The van der Waals surface area contributed by atoms with Crippen LogP contribution in [-0.2, 0) is 10.0 Å². The average Bonchev–Trinajstić information content (AvgIpc) is 2.24. The zero-order valence-electron chi connectivity index (χ0n) is 11.1. The summed E-state index contributed by atoms with van der Waals surface area (Å²) < 4.78 is 27.2. The predicted molar refractivity (Wildman–Crippen MR) is 80.1 cm³/mol. The van der Waals surface area contributed by atoms with Gasteiger partial charge in [-0.05, 0) is 25.0 Å². The van der Waals surface area contributed by atoms with Crippen molar-refractivity contribution in [2.75, 3.05) is 5.73 Å². The highest BCUT2D eigenvalue weighted by molar-refractivity contribution is 7.89. The number of halogens is 2. The molecule has 0 saturated heterocycles. The monoisotopic (exact) mass is 324 g/mol. The van der Waals surface area contributed by atoms with Crippen molar-refractivity contribution in [1.29, 1.82) is 0 Å². The number of anilines is 1. The Balaban J connectivity index is 3.15. The van der Waals surface area contributed by atoms with Crippen LogP contribution < -0.4 is 10.5 Å². The van der Waals surface area contributed by atoms with E-state index in [2.05, 4.69) is 4.72 Å². The van der Waals surface area contributed by atoms with Gasteiger partial charge in [-0.3, -0.25) is 0 Å². The molecule has 0 aromatic heterocycles. The Bertz CT molecular complexity index is 538. The Morgan fingerprint density at radius 3 is 2.16 bits per heavy atom. The number of hydrogen-bond donors (Lipinski definition) is 2. The van der Waals surface area contributed by atoms with Crippen molar-refractivity contribution in [3.8, 4) is 0 Å². The van der Waals surface area contributed by atoms with Crippen LogP contribution in [0.4, 0.5) is 5.69 Å². The van der Waals surface area contributed by atoms with Crippen LogP contribution in [-0.4, -0.2) is 14.5 Å². The Labute approximate surface area is 124 Å². The molecule has 108 valence electrons. The van der Waals surface area contributed by atoms with Crippen molar-refractivity contribution in [2.24, 2.45) is 5.92 Å². The van der Waals surface area contributed by atoms with Gasteiger partial charge in [-0.1, -0.05) is 43.5 Å². The Hall–Kier alpha value is -0.490. The molecule has 3 N–H and O–H groups in total. The highest BCUT2D eigenvalue weighted by atomic mass is 35.5. The highest BCUT2D eigenvalue weighted by Gasteiger charge is 2.25. The van der Waals surface area contributed by atoms with Crippen molar-refractivity contribution in [3.63, 3.8) is 0 Å². The van der Waals surface area contributed by atoms with Crippen LogP contribution in [0.5, 0.6) is 0 Å². The Morgan fingerprint density at radius 2 is 1.74 bits per heavy atom. The van der Waals surface area contributed by atoms with Crippen LogP contribution in [0.2, 0.25) is 10.0 Å². The van der Waals surface area contributed by atoms with Crippen LogP contribution in [0.1, 0.15) is 27.2 Å². The van der Waals surface area contributed by atoms with E-state index < -0.39 is 10.0 Å². The predicted octanol–water partition coefficient (Wildman–Crippen LogP) is 3.29. The SMILES string of the molecule is CCC(C)C(C)NS(=O)(=O)c1c(Cl)cc(N)cc1Cl. The van der Waals surface area contributed by atoms with Crippen LogP contribution >= 0.6 is 23.2 Å². The first-order chi connectivity index (χ1) is 8.69. The molecule has 0 bridgehead atoms. The second-order valence-corrected chi connectivity index (χ2v) is 7.07. The number of sulfonamides is 1. The minimum absolute atomic E-state index is 0.0221. The number of benzene rings is 1. The van der Waals surface area contributed by atoms with E-state index >= 15 is 0 Å². The molecule has 1 aromatic rings. The summed E-state index contributed by atoms with van der Waals surface area (Å²) in [5.41, 5.74) is 5.88. The lowest BCUT2D eigenvalue weighted by molar-refractivity contribution is 0.434. The van der Waals surface area contributed by atoms with Crippen LogP contribution in [0.25, 0.3) is 0 Å². The van der Waals surface area contributed by atoms with Gasteiger partial charge in [0.25, 0.3) is 0 Å². The van der Waals surface area contributed by atoms with E-state index in [4.69, 9.17) is 28.9 Å². The maximum absolute atomic E-state index is 12.3. The number of nitrogens with one attached hydrogen (secondary N) is 1. The number of nitrogens with two attached hydrogens (primary N) is 1. The second-order valence-electron chi connectivity index (χ2n) is 4.61. The summed E-state index contributed by atoms with van der Waals surface area (Å²) in [4.78, 5) is -0.125. The standard InChI is InChI=1S/C12H18Cl2N2O2S/c1-4-7(2)8(3)16-19(17,18)12-10(13)5-9(15)6-11(12)14/h5-8,16H,4,15H2,1-3H3. The summed E-state index contributed by atoms with van der Waals surface area (Å²) in [6.45, 7) is 5.78. The first kappa shape index (κ1) is 16.6. The second kappa shape index (κ2) is 6.31. The maximum Gasteiger partial charge on any atom is 0.243 e. The minimum atomic E-state index is -3.76.